The van der Waals surface area contributed by atoms with Gasteiger partial charge in [-0.2, -0.15) is 31.4 Å². The van der Waals surface area contributed by atoms with Crippen LogP contribution in [0, 0.1) is 0 Å². The van der Waals surface area contributed by atoms with E-state index < -0.39 is 30.1 Å². The van der Waals surface area contributed by atoms with Crippen molar-refractivity contribution >= 4 is 12.0 Å². The molecule has 2 aliphatic heterocycles. The maximum atomic E-state index is 13.1. The molecule has 2 aliphatic rings. The number of likely N-dealkylation sites (tertiary alicyclic amines) is 2. The molecule has 2 amide bonds. The number of nitrogens with zero attached hydrogens (tertiary/aromatic N) is 4. The highest BCUT2D eigenvalue weighted by atomic mass is 19.4. The number of ether oxygens (including phenoxy) is 1. The summed E-state index contributed by atoms with van der Waals surface area (Å²) in [5.41, 5.74) is -0.207. The van der Waals surface area contributed by atoms with Gasteiger partial charge in [-0.1, -0.05) is 0 Å². The van der Waals surface area contributed by atoms with Crippen LogP contribution in [0.3, 0.4) is 0 Å². The third-order valence-corrected chi connectivity index (χ3v) is 5.98. The minimum atomic E-state index is -5.76. The Morgan fingerprint density at radius 3 is 2.12 bits per heavy atom. The zero-order valence-corrected chi connectivity index (χ0v) is 17.5. The molecule has 0 unspecified atom stereocenters. The van der Waals surface area contributed by atoms with Crippen LogP contribution in [0.15, 0.2) is 12.4 Å². The van der Waals surface area contributed by atoms with Gasteiger partial charge >= 0.3 is 18.4 Å². The number of carbonyl (C=O) groups is 2. The summed E-state index contributed by atoms with van der Waals surface area (Å²) in [5.74, 6) is -0.236. The van der Waals surface area contributed by atoms with Gasteiger partial charge in [-0.15, -0.1) is 0 Å². The Kier molecular flexibility index (Phi) is 6.40. The molecule has 1 spiro atoms. The lowest BCUT2D eigenvalue weighted by Crippen LogP contribution is -2.56. The first kappa shape index (κ1) is 24.2. The summed E-state index contributed by atoms with van der Waals surface area (Å²) in [6.07, 6.45) is -12.5. The van der Waals surface area contributed by atoms with Crippen molar-refractivity contribution in [3.05, 3.63) is 18.0 Å². The molecule has 32 heavy (non-hydrogen) atoms. The number of aromatic nitrogens is 2. The largest absolute Gasteiger partial charge is 0.434 e. The van der Waals surface area contributed by atoms with Crippen molar-refractivity contribution < 1.29 is 40.7 Å². The maximum Gasteiger partial charge on any atom is 0.434 e. The van der Waals surface area contributed by atoms with E-state index in [1.807, 2.05) is 13.8 Å². The van der Waals surface area contributed by atoms with Crippen LogP contribution >= 0.6 is 0 Å². The lowest BCUT2D eigenvalue weighted by Gasteiger charge is -2.44. The Bertz CT molecular complexity index is 829. The maximum absolute atomic E-state index is 13.1. The normalized spacial score (nSPS) is 19.3. The van der Waals surface area contributed by atoms with E-state index in [-0.39, 0.29) is 37.9 Å². The van der Waals surface area contributed by atoms with Crippen LogP contribution in [0.4, 0.5) is 31.1 Å². The Morgan fingerprint density at radius 2 is 1.62 bits per heavy atom. The second kappa shape index (κ2) is 8.47. The molecule has 0 N–H and O–H groups in total. The highest BCUT2D eigenvalue weighted by Crippen LogP contribution is 2.40. The van der Waals surface area contributed by atoms with Gasteiger partial charge < -0.3 is 14.5 Å². The van der Waals surface area contributed by atoms with Crippen LogP contribution in [0.25, 0.3) is 0 Å². The number of hydrogen-bond acceptors (Lipinski definition) is 4. The predicted molar refractivity (Wildman–Crippen MR) is 98.8 cm³/mol. The Hall–Kier alpha value is -2.47. The van der Waals surface area contributed by atoms with E-state index in [9.17, 15) is 35.9 Å². The molecule has 0 aromatic carbocycles. The van der Waals surface area contributed by atoms with Gasteiger partial charge in [0.15, 0.2) is 0 Å². The molecule has 0 bridgehead atoms. The molecular weight excluding hydrogens is 446 g/mol. The molecule has 1 aromatic rings. The number of hydrogen-bond donors (Lipinski definition) is 0. The van der Waals surface area contributed by atoms with Gasteiger partial charge in [-0.3, -0.25) is 9.48 Å². The molecule has 7 nitrogen and oxygen atoms in total. The molecule has 13 heteroatoms. The van der Waals surface area contributed by atoms with E-state index in [0.29, 0.717) is 24.9 Å². The van der Waals surface area contributed by atoms with Crippen LogP contribution < -0.4 is 0 Å². The van der Waals surface area contributed by atoms with E-state index in [2.05, 4.69) is 9.84 Å². The molecule has 3 rings (SSSR count). The molecule has 0 radical (unpaired) electrons. The van der Waals surface area contributed by atoms with Crippen LogP contribution in [0.2, 0.25) is 0 Å². The number of rotatable bonds is 3. The first-order valence-corrected chi connectivity index (χ1v) is 10.2. The fourth-order valence-corrected chi connectivity index (χ4v) is 4.26. The van der Waals surface area contributed by atoms with Crippen LogP contribution in [-0.2, 0) is 4.74 Å². The van der Waals surface area contributed by atoms with Crippen molar-refractivity contribution in [2.45, 2.75) is 69.6 Å². The molecule has 1 aromatic heterocycles. The zero-order valence-electron chi connectivity index (χ0n) is 17.5. The van der Waals surface area contributed by atoms with Gasteiger partial charge in [-0.25, -0.2) is 4.79 Å². The Labute approximate surface area is 180 Å². The van der Waals surface area contributed by atoms with Crippen LogP contribution in [-0.4, -0.2) is 75.2 Å². The topological polar surface area (TPSA) is 67.7 Å². The van der Waals surface area contributed by atoms with Gasteiger partial charge in [0, 0.05) is 37.4 Å². The molecule has 0 saturated carbocycles. The lowest BCUT2D eigenvalue weighted by molar-refractivity contribution is -0.308. The first-order valence-electron chi connectivity index (χ1n) is 10.2. The second-order valence-electron chi connectivity index (χ2n) is 8.42. The number of amides is 2. The van der Waals surface area contributed by atoms with Gasteiger partial charge in [0.05, 0.1) is 11.8 Å². The summed E-state index contributed by atoms with van der Waals surface area (Å²) in [5, 5.41) is 4.16. The first-order chi connectivity index (χ1) is 14.7. The van der Waals surface area contributed by atoms with Crippen LogP contribution in [0.1, 0.15) is 55.9 Å². The van der Waals surface area contributed by atoms with Gasteiger partial charge in [0.2, 0.25) is 0 Å². The Balaban J connectivity index is 1.66. The molecule has 3 heterocycles. The van der Waals surface area contributed by atoms with Gasteiger partial charge in [0.25, 0.3) is 12.0 Å². The van der Waals surface area contributed by atoms with Crippen molar-refractivity contribution in [1.29, 1.82) is 0 Å². The molecular formula is C19H24F6N4O3. The minimum absolute atomic E-state index is 0.0653. The van der Waals surface area contributed by atoms with Crippen molar-refractivity contribution in [2.75, 3.05) is 19.6 Å². The average Bonchev–Trinajstić information content (AvgIpc) is 3.32. The Morgan fingerprint density at radius 1 is 1.03 bits per heavy atom. The molecule has 2 fully saturated rings. The summed E-state index contributed by atoms with van der Waals surface area (Å²) in [6, 6.07) is 0.0653. The smallest absolute Gasteiger partial charge is 0.426 e. The van der Waals surface area contributed by atoms with E-state index in [1.54, 1.807) is 15.8 Å². The van der Waals surface area contributed by atoms with Crippen molar-refractivity contribution in [3.63, 3.8) is 0 Å². The SMILES string of the molecule is CC(C)n1cc(C(=O)N2CCCC23CCN(C(=O)OC(C(F)(F)F)C(F)(F)F)CC3)cn1. The van der Waals surface area contributed by atoms with E-state index in [0.717, 1.165) is 4.90 Å². The zero-order chi connectivity index (χ0) is 23.9. The summed E-state index contributed by atoms with van der Waals surface area (Å²) in [7, 11) is 0. The molecule has 2 saturated heterocycles. The minimum Gasteiger partial charge on any atom is -0.426 e. The van der Waals surface area contributed by atoms with Crippen molar-refractivity contribution in [2.24, 2.45) is 0 Å². The summed E-state index contributed by atoms with van der Waals surface area (Å²) in [4.78, 5) is 27.6. The summed E-state index contributed by atoms with van der Waals surface area (Å²) in [6.45, 7) is 4.07. The predicted octanol–water partition coefficient (Wildman–Crippen LogP) is 4.16. The molecule has 0 atom stereocenters. The fraction of sp³-hybridized carbons (Fsp3) is 0.737. The van der Waals surface area contributed by atoms with E-state index in [4.69, 9.17) is 0 Å². The fourth-order valence-electron chi connectivity index (χ4n) is 4.26. The van der Waals surface area contributed by atoms with E-state index in [1.165, 1.54) is 6.20 Å². The van der Waals surface area contributed by atoms with Gasteiger partial charge in [0.1, 0.15) is 0 Å². The third kappa shape index (κ3) is 4.80. The van der Waals surface area contributed by atoms with Gasteiger partial charge in [-0.05, 0) is 39.5 Å². The monoisotopic (exact) mass is 470 g/mol. The third-order valence-electron chi connectivity index (χ3n) is 5.98. The molecule has 180 valence electrons. The number of halogens is 6. The van der Waals surface area contributed by atoms with Crippen molar-refractivity contribution in [1.82, 2.24) is 19.6 Å². The lowest BCUT2D eigenvalue weighted by atomic mass is 9.85. The second-order valence-corrected chi connectivity index (χ2v) is 8.42. The summed E-state index contributed by atoms with van der Waals surface area (Å²) >= 11 is 0. The number of alkyl halides is 6. The highest BCUT2D eigenvalue weighted by Gasteiger charge is 2.60. The molecule has 0 aliphatic carbocycles. The van der Waals surface area contributed by atoms with Crippen LogP contribution in [0.5, 0.6) is 0 Å². The highest BCUT2D eigenvalue weighted by molar-refractivity contribution is 5.94. The number of carbonyl (C=O) groups excluding carboxylic acids is 2. The van der Waals surface area contributed by atoms with Crippen molar-refractivity contribution in [3.8, 4) is 0 Å². The summed E-state index contributed by atoms with van der Waals surface area (Å²) < 4.78 is 81.5. The average molecular weight is 470 g/mol. The van der Waals surface area contributed by atoms with E-state index >= 15 is 0 Å². The quantitative estimate of drug-likeness (QED) is 0.623. The number of piperidine rings is 1. The standard InChI is InChI=1S/C19H24F6N4O3/c1-12(2)29-11-13(10-26-29)14(30)28-7-3-4-17(28)5-8-27(9-6-17)16(31)32-15(18(20,21)22)19(23,24)25/h10-12,15H,3-9H2,1-2H3.